The van der Waals surface area contributed by atoms with Crippen LogP contribution in [0.4, 0.5) is 11.4 Å². The molecule has 0 fully saturated rings. The van der Waals surface area contributed by atoms with Crippen molar-refractivity contribution in [3.05, 3.63) is 66.2 Å². The lowest BCUT2D eigenvalue weighted by Gasteiger charge is -2.11. The molecule has 17 heavy (non-hydrogen) atoms. The first kappa shape index (κ1) is 9.97. The molecule has 0 bridgehead atoms. The third-order valence-electron chi connectivity index (χ3n) is 2.88. The van der Waals surface area contributed by atoms with Crippen LogP contribution in [0.25, 0.3) is 5.70 Å². The zero-order valence-electron chi connectivity index (χ0n) is 9.48. The Labute approximate surface area is 101 Å². The van der Waals surface area contributed by atoms with Gasteiger partial charge in [0.25, 0.3) is 0 Å². The van der Waals surface area contributed by atoms with Gasteiger partial charge in [0, 0.05) is 12.2 Å². The molecule has 1 aliphatic heterocycles. The van der Waals surface area contributed by atoms with Crippen molar-refractivity contribution in [1.29, 1.82) is 0 Å². The molecule has 0 aliphatic carbocycles. The second-order valence-electron chi connectivity index (χ2n) is 4.04. The number of benzene rings is 2. The molecule has 0 atom stereocenters. The van der Waals surface area contributed by atoms with E-state index in [4.69, 9.17) is 0 Å². The smallest absolute Gasteiger partial charge is 0.0620 e. The second kappa shape index (κ2) is 4.34. The molecule has 0 spiro atoms. The molecule has 1 aliphatic rings. The molecule has 2 heteroatoms. The Hall–Kier alpha value is -2.22. The van der Waals surface area contributed by atoms with Crippen molar-refractivity contribution in [2.45, 2.75) is 0 Å². The molecular formula is C15H14N2. The van der Waals surface area contributed by atoms with Crippen LogP contribution in [-0.4, -0.2) is 6.54 Å². The van der Waals surface area contributed by atoms with E-state index in [1.807, 2.05) is 18.2 Å². The molecule has 2 nitrogen and oxygen atoms in total. The minimum absolute atomic E-state index is 0.842. The first-order chi connectivity index (χ1) is 8.43. The van der Waals surface area contributed by atoms with Crippen molar-refractivity contribution in [2.75, 3.05) is 17.2 Å². The van der Waals surface area contributed by atoms with E-state index >= 15 is 0 Å². The molecule has 3 rings (SSSR count). The third kappa shape index (κ3) is 2.02. The summed E-state index contributed by atoms with van der Waals surface area (Å²) in [6.45, 7) is 0.842. The van der Waals surface area contributed by atoms with E-state index in [1.54, 1.807) is 0 Å². The summed E-state index contributed by atoms with van der Waals surface area (Å²) in [5, 5.41) is 6.86. The summed E-state index contributed by atoms with van der Waals surface area (Å²) in [6, 6.07) is 18.6. The van der Waals surface area contributed by atoms with E-state index in [0.717, 1.165) is 23.6 Å². The van der Waals surface area contributed by atoms with E-state index in [0.29, 0.717) is 0 Å². The third-order valence-corrected chi connectivity index (χ3v) is 2.88. The van der Waals surface area contributed by atoms with Crippen LogP contribution < -0.4 is 10.6 Å². The fourth-order valence-electron chi connectivity index (χ4n) is 2.01. The van der Waals surface area contributed by atoms with Crippen LogP contribution in [-0.2, 0) is 0 Å². The quantitative estimate of drug-likeness (QED) is 0.770. The van der Waals surface area contributed by atoms with Crippen molar-refractivity contribution in [3.63, 3.8) is 0 Å². The minimum Gasteiger partial charge on any atom is -0.380 e. The normalized spacial score (nSPS) is 13.8. The number of anilines is 2. The van der Waals surface area contributed by atoms with Crippen LogP contribution in [0.3, 0.4) is 0 Å². The lowest BCUT2D eigenvalue weighted by molar-refractivity contribution is 1.36. The highest BCUT2D eigenvalue weighted by molar-refractivity contribution is 5.84. The van der Waals surface area contributed by atoms with Gasteiger partial charge < -0.3 is 10.6 Å². The van der Waals surface area contributed by atoms with Gasteiger partial charge in [0.1, 0.15) is 0 Å². The molecule has 0 amide bonds. The predicted molar refractivity (Wildman–Crippen MR) is 73.0 cm³/mol. The monoisotopic (exact) mass is 222 g/mol. The van der Waals surface area contributed by atoms with Crippen LogP contribution >= 0.6 is 0 Å². The van der Waals surface area contributed by atoms with Gasteiger partial charge in [-0.3, -0.25) is 0 Å². The topological polar surface area (TPSA) is 24.1 Å². The maximum Gasteiger partial charge on any atom is 0.0620 e. The van der Waals surface area contributed by atoms with Gasteiger partial charge in [0.05, 0.1) is 11.4 Å². The number of hydrogen-bond acceptors (Lipinski definition) is 2. The van der Waals surface area contributed by atoms with Gasteiger partial charge in [0.2, 0.25) is 0 Å². The maximum atomic E-state index is 3.47. The molecular weight excluding hydrogens is 208 g/mol. The lowest BCUT2D eigenvalue weighted by Crippen LogP contribution is -1.97. The van der Waals surface area contributed by atoms with Crippen molar-refractivity contribution in [3.8, 4) is 0 Å². The van der Waals surface area contributed by atoms with Crippen molar-refractivity contribution in [2.24, 2.45) is 0 Å². The Morgan fingerprint density at radius 1 is 0.765 bits per heavy atom. The Balaban J connectivity index is 1.97. The molecule has 0 unspecified atom stereocenters. The average molecular weight is 222 g/mol. The number of fused-ring (bicyclic) bond motifs is 1. The van der Waals surface area contributed by atoms with E-state index in [-0.39, 0.29) is 0 Å². The van der Waals surface area contributed by atoms with Crippen molar-refractivity contribution < 1.29 is 0 Å². The molecule has 84 valence electrons. The highest BCUT2D eigenvalue weighted by Crippen LogP contribution is 2.27. The van der Waals surface area contributed by atoms with Gasteiger partial charge in [0.15, 0.2) is 0 Å². The highest BCUT2D eigenvalue weighted by atomic mass is 15.0. The van der Waals surface area contributed by atoms with Gasteiger partial charge in [-0.1, -0.05) is 42.5 Å². The van der Waals surface area contributed by atoms with E-state index in [1.165, 1.54) is 5.56 Å². The standard InChI is InChI=1S/C15H14N2/c1-2-6-12(7-3-1)13-10-11-16-14-8-4-5-9-15(14)17-13/h1-10,16-17H,11H2. The Bertz CT molecular complexity index is 544. The predicted octanol–water partition coefficient (Wildman–Crippen LogP) is 3.57. The van der Waals surface area contributed by atoms with Gasteiger partial charge >= 0.3 is 0 Å². The lowest BCUT2D eigenvalue weighted by atomic mass is 10.1. The number of hydrogen-bond donors (Lipinski definition) is 2. The van der Waals surface area contributed by atoms with Gasteiger partial charge in [-0.2, -0.15) is 0 Å². The molecule has 1 heterocycles. The van der Waals surface area contributed by atoms with Gasteiger partial charge in [-0.05, 0) is 23.8 Å². The van der Waals surface area contributed by atoms with E-state index in [9.17, 15) is 0 Å². The SMILES string of the molecule is C1=C(c2ccccc2)Nc2ccccc2NC1. The zero-order valence-corrected chi connectivity index (χ0v) is 9.48. The first-order valence-corrected chi connectivity index (χ1v) is 5.79. The number of nitrogens with one attached hydrogen (secondary N) is 2. The summed E-state index contributed by atoms with van der Waals surface area (Å²) in [4.78, 5) is 0. The van der Waals surface area contributed by atoms with Crippen LogP contribution in [0.1, 0.15) is 5.56 Å². The number of rotatable bonds is 1. The molecule has 2 N–H and O–H groups in total. The van der Waals surface area contributed by atoms with Gasteiger partial charge in [-0.25, -0.2) is 0 Å². The maximum absolute atomic E-state index is 3.47. The summed E-state index contributed by atoms with van der Waals surface area (Å²) < 4.78 is 0. The molecule has 0 saturated heterocycles. The summed E-state index contributed by atoms with van der Waals surface area (Å²) in [5.74, 6) is 0. The first-order valence-electron chi connectivity index (χ1n) is 5.79. The summed E-state index contributed by atoms with van der Waals surface area (Å²) >= 11 is 0. The summed E-state index contributed by atoms with van der Waals surface area (Å²) in [5.41, 5.74) is 4.64. The fraction of sp³-hybridized carbons (Fsp3) is 0.0667. The minimum atomic E-state index is 0.842. The van der Waals surface area contributed by atoms with E-state index < -0.39 is 0 Å². The fourth-order valence-corrected chi connectivity index (χ4v) is 2.01. The Morgan fingerprint density at radius 3 is 2.29 bits per heavy atom. The summed E-state index contributed by atoms with van der Waals surface area (Å²) in [7, 11) is 0. The number of para-hydroxylation sites is 2. The van der Waals surface area contributed by atoms with Crippen LogP contribution in [0, 0.1) is 0 Å². The van der Waals surface area contributed by atoms with Crippen molar-refractivity contribution in [1.82, 2.24) is 0 Å². The Morgan fingerprint density at radius 2 is 1.47 bits per heavy atom. The molecule has 2 aromatic rings. The molecule has 0 radical (unpaired) electrons. The summed E-state index contributed by atoms with van der Waals surface area (Å²) in [6.07, 6.45) is 2.18. The average Bonchev–Trinajstić information content (AvgIpc) is 2.62. The van der Waals surface area contributed by atoms with Crippen LogP contribution in [0.5, 0.6) is 0 Å². The highest BCUT2D eigenvalue weighted by Gasteiger charge is 2.08. The van der Waals surface area contributed by atoms with Crippen molar-refractivity contribution >= 4 is 17.1 Å². The van der Waals surface area contributed by atoms with E-state index in [2.05, 4.69) is 53.1 Å². The van der Waals surface area contributed by atoms with Gasteiger partial charge in [-0.15, -0.1) is 0 Å². The van der Waals surface area contributed by atoms with Crippen LogP contribution in [0.15, 0.2) is 60.7 Å². The second-order valence-corrected chi connectivity index (χ2v) is 4.04. The zero-order chi connectivity index (χ0) is 11.5. The van der Waals surface area contributed by atoms with Crippen LogP contribution in [0.2, 0.25) is 0 Å². The largest absolute Gasteiger partial charge is 0.380 e. The molecule has 0 aromatic heterocycles. The Kier molecular flexibility index (Phi) is 2.54. The molecule has 2 aromatic carbocycles. The molecule has 0 saturated carbocycles.